The van der Waals surface area contributed by atoms with Crippen LogP contribution in [0.15, 0.2) is 18.3 Å². The maximum Gasteiger partial charge on any atom is 0.231 e. The van der Waals surface area contributed by atoms with Gasteiger partial charge in [0.1, 0.15) is 0 Å². The van der Waals surface area contributed by atoms with E-state index < -0.39 is 5.95 Å². The van der Waals surface area contributed by atoms with E-state index >= 15 is 0 Å². The summed E-state index contributed by atoms with van der Waals surface area (Å²) in [5.41, 5.74) is 0.799. The molecule has 0 saturated heterocycles. The normalized spacial score (nSPS) is 11.0. The topological polar surface area (TPSA) is 12.9 Å². The number of rotatable bonds is 3. The molecule has 1 rings (SSSR count). The van der Waals surface area contributed by atoms with Gasteiger partial charge in [0.05, 0.1) is 5.02 Å². The van der Waals surface area contributed by atoms with Crippen LogP contribution in [0.1, 0.15) is 12.0 Å². The van der Waals surface area contributed by atoms with Crippen molar-refractivity contribution in [3.05, 3.63) is 34.9 Å². The summed E-state index contributed by atoms with van der Waals surface area (Å²) >= 11 is 9.59. The van der Waals surface area contributed by atoms with Crippen LogP contribution < -0.4 is 0 Å². The third-order valence-electron chi connectivity index (χ3n) is 1.42. The maximum absolute atomic E-state index is 12.6. The molecule has 70 valence electrons. The molecule has 1 aromatic heterocycles. The van der Waals surface area contributed by atoms with E-state index in [1.54, 1.807) is 6.07 Å². The van der Waals surface area contributed by atoms with Gasteiger partial charge in [-0.1, -0.05) is 23.8 Å². The highest BCUT2D eigenvalue weighted by atomic mass is 35.5. The van der Waals surface area contributed by atoms with Crippen LogP contribution in [0.25, 0.3) is 6.08 Å². The van der Waals surface area contributed by atoms with E-state index in [-0.39, 0.29) is 5.02 Å². The van der Waals surface area contributed by atoms with Crippen LogP contribution in [0.4, 0.5) is 4.39 Å². The highest BCUT2D eigenvalue weighted by molar-refractivity contribution is 7.80. The smallest absolute Gasteiger partial charge is 0.226 e. The van der Waals surface area contributed by atoms with Crippen LogP contribution in [0.3, 0.4) is 0 Å². The lowest BCUT2D eigenvalue weighted by Gasteiger charge is -1.94. The Kier molecular flexibility index (Phi) is 4.25. The summed E-state index contributed by atoms with van der Waals surface area (Å²) in [7, 11) is 0. The van der Waals surface area contributed by atoms with E-state index in [2.05, 4.69) is 17.6 Å². The molecule has 1 nitrogen and oxygen atoms in total. The quantitative estimate of drug-likeness (QED) is 0.606. The van der Waals surface area contributed by atoms with Gasteiger partial charge in [0.15, 0.2) is 0 Å². The first kappa shape index (κ1) is 10.5. The molecular formula is C9H9ClFNS. The van der Waals surface area contributed by atoms with Gasteiger partial charge >= 0.3 is 0 Å². The summed E-state index contributed by atoms with van der Waals surface area (Å²) in [4.78, 5) is 3.49. The van der Waals surface area contributed by atoms with Crippen LogP contribution in [-0.4, -0.2) is 10.7 Å². The molecule has 0 N–H and O–H groups in total. The molecule has 0 atom stereocenters. The minimum absolute atomic E-state index is 0.0491. The Morgan fingerprint density at radius 1 is 1.62 bits per heavy atom. The van der Waals surface area contributed by atoms with Crippen molar-refractivity contribution < 1.29 is 4.39 Å². The van der Waals surface area contributed by atoms with Crippen molar-refractivity contribution in [3.63, 3.8) is 0 Å². The predicted molar refractivity (Wildman–Crippen MR) is 56.7 cm³/mol. The first-order valence-electron chi connectivity index (χ1n) is 3.82. The van der Waals surface area contributed by atoms with Crippen molar-refractivity contribution in [2.24, 2.45) is 0 Å². The molecule has 0 amide bonds. The first-order valence-corrected chi connectivity index (χ1v) is 4.83. The summed E-state index contributed by atoms with van der Waals surface area (Å²) in [6.45, 7) is 0. The third kappa shape index (κ3) is 3.36. The molecule has 1 aromatic rings. The second-order valence-electron chi connectivity index (χ2n) is 2.46. The fourth-order valence-corrected chi connectivity index (χ4v) is 1.14. The predicted octanol–water partition coefficient (Wildman–Crippen LogP) is 3.21. The second kappa shape index (κ2) is 5.25. The molecule has 0 aromatic carbocycles. The zero-order valence-electron chi connectivity index (χ0n) is 6.87. The zero-order chi connectivity index (χ0) is 9.68. The Labute approximate surface area is 87.0 Å². The average molecular weight is 218 g/mol. The minimum Gasteiger partial charge on any atom is -0.226 e. The number of pyridine rings is 1. The van der Waals surface area contributed by atoms with Gasteiger partial charge in [-0.15, -0.1) is 0 Å². The molecule has 4 heteroatoms. The van der Waals surface area contributed by atoms with E-state index in [0.717, 1.165) is 17.7 Å². The summed E-state index contributed by atoms with van der Waals surface area (Å²) in [6, 6.07) is 1.54. The minimum atomic E-state index is -0.631. The molecule has 1 heterocycles. The van der Waals surface area contributed by atoms with Gasteiger partial charge in [0.2, 0.25) is 5.95 Å². The number of hydrogen-bond acceptors (Lipinski definition) is 2. The number of allylic oxidation sites excluding steroid dienone is 1. The molecule has 0 unspecified atom stereocenters. The van der Waals surface area contributed by atoms with E-state index in [4.69, 9.17) is 11.6 Å². The fourth-order valence-electron chi connectivity index (χ4n) is 0.821. The molecule has 13 heavy (non-hydrogen) atoms. The highest BCUT2D eigenvalue weighted by Crippen LogP contribution is 2.14. The average Bonchev–Trinajstić information content (AvgIpc) is 2.12. The summed E-state index contributed by atoms with van der Waals surface area (Å²) in [5.74, 6) is 0.159. The van der Waals surface area contributed by atoms with Gasteiger partial charge in [-0.2, -0.15) is 17.0 Å². The Morgan fingerprint density at radius 2 is 2.38 bits per heavy atom. The van der Waals surface area contributed by atoms with Crippen LogP contribution in [0.5, 0.6) is 0 Å². The lowest BCUT2D eigenvalue weighted by Crippen LogP contribution is -1.84. The first-order chi connectivity index (χ1) is 6.24. The van der Waals surface area contributed by atoms with Crippen molar-refractivity contribution >= 4 is 30.3 Å². The Morgan fingerprint density at radius 3 is 3.00 bits per heavy atom. The third-order valence-corrected chi connectivity index (χ3v) is 1.95. The van der Waals surface area contributed by atoms with Crippen LogP contribution >= 0.6 is 24.2 Å². The van der Waals surface area contributed by atoms with Crippen LogP contribution in [-0.2, 0) is 0 Å². The van der Waals surface area contributed by atoms with Crippen molar-refractivity contribution in [1.82, 2.24) is 4.98 Å². The van der Waals surface area contributed by atoms with Crippen molar-refractivity contribution in [2.45, 2.75) is 6.42 Å². The SMILES string of the molecule is Fc1ncc(C=CCCS)cc1Cl. The molecule has 0 fully saturated rings. The summed E-state index contributed by atoms with van der Waals surface area (Å²) in [5, 5.41) is 0.0491. The number of thiol groups is 1. The monoisotopic (exact) mass is 217 g/mol. The number of nitrogens with zero attached hydrogens (tertiary/aromatic N) is 1. The molecule has 0 spiro atoms. The van der Waals surface area contributed by atoms with Gasteiger partial charge < -0.3 is 0 Å². The number of halogens is 2. The zero-order valence-corrected chi connectivity index (χ0v) is 8.52. The number of aromatic nitrogens is 1. The largest absolute Gasteiger partial charge is 0.231 e. The number of hydrogen-bond donors (Lipinski definition) is 1. The fraction of sp³-hybridized carbons (Fsp3) is 0.222. The highest BCUT2D eigenvalue weighted by Gasteiger charge is 1.99. The van der Waals surface area contributed by atoms with Gasteiger partial charge in [-0.3, -0.25) is 0 Å². The molecule has 0 saturated carbocycles. The second-order valence-corrected chi connectivity index (χ2v) is 3.31. The van der Waals surface area contributed by atoms with Crippen LogP contribution in [0.2, 0.25) is 5.02 Å². The molecular weight excluding hydrogens is 209 g/mol. The Hall–Kier alpha value is -0.540. The van der Waals surface area contributed by atoms with Crippen molar-refractivity contribution in [2.75, 3.05) is 5.75 Å². The molecule has 0 aliphatic rings. The summed E-state index contributed by atoms with van der Waals surface area (Å²) in [6.07, 6.45) is 6.10. The van der Waals surface area contributed by atoms with Gasteiger partial charge in [0, 0.05) is 6.20 Å². The van der Waals surface area contributed by atoms with E-state index in [1.807, 2.05) is 12.2 Å². The molecule has 0 aliphatic carbocycles. The van der Waals surface area contributed by atoms with Gasteiger partial charge in [-0.25, -0.2) is 4.98 Å². The molecule has 0 aliphatic heterocycles. The van der Waals surface area contributed by atoms with Crippen molar-refractivity contribution in [1.29, 1.82) is 0 Å². The standard InChI is InChI=1S/C9H9ClFNS/c10-8-5-7(3-1-2-4-13)6-12-9(8)11/h1,3,5-6,13H,2,4H2. The van der Waals surface area contributed by atoms with Gasteiger partial charge in [0.25, 0.3) is 0 Å². The maximum atomic E-state index is 12.6. The Bertz CT molecular complexity index is 314. The van der Waals surface area contributed by atoms with Crippen molar-refractivity contribution in [3.8, 4) is 0 Å². The van der Waals surface area contributed by atoms with E-state index in [9.17, 15) is 4.39 Å². The summed E-state index contributed by atoms with van der Waals surface area (Å²) < 4.78 is 12.6. The van der Waals surface area contributed by atoms with E-state index in [0.29, 0.717) is 0 Å². The lowest BCUT2D eigenvalue weighted by molar-refractivity contribution is 0.584. The molecule has 0 radical (unpaired) electrons. The molecule has 0 bridgehead atoms. The van der Waals surface area contributed by atoms with Crippen LogP contribution in [0, 0.1) is 5.95 Å². The van der Waals surface area contributed by atoms with Gasteiger partial charge in [-0.05, 0) is 23.8 Å². The Balaban J connectivity index is 2.73. The van der Waals surface area contributed by atoms with E-state index in [1.165, 1.54) is 6.20 Å². The lowest BCUT2D eigenvalue weighted by atomic mass is 10.2.